The molecule has 0 aliphatic heterocycles. The van der Waals surface area contributed by atoms with Crippen molar-refractivity contribution in [2.24, 2.45) is 0 Å². The van der Waals surface area contributed by atoms with E-state index in [4.69, 9.17) is 9.47 Å². The monoisotopic (exact) mass is 217 g/mol. The molecule has 14 heavy (non-hydrogen) atoms. The second-order valence-corrected chi connectivity index (χ2v) is 2.84. The van der Waals surface area contributed by atoms with Crippen molar-refractivity contribution >= 4 is 12.4 Å². The standard InChI is InChI=1S/C10H15NO2.ClH/c1-9-8-11-5-4-10(9)13-7-3-6-12-2;/h4-5,8H,3,6-7H2,1-2H3;1H. The fraction of sp³-hybridized carbons (Fsp3) is 0.500. The van der Waals surface area contributed by atoms with Crippen molar-refractivity contribution in [3.63, 3.8) is 0 Å². The number of methoxy groups -OCH3 is 1. The van der Waals surface area contributed by atoms with Crippen molar-refractivity contribution in [1.82, 2.24) is 4.98 Å². The molecular formula is C10H16ClNO2. The van der Waals surface area contributed by atoms with E-state index in [2.05, 4.69) is 4.98 Å². The van der Waals surface area contributed by atoms with Crippen LogP contribution >= 0.6 is 12.4 Å². The zero-order chi connectivity index (χ0) is 9.52. The number of hydrogen-bond donors (Lipinski definition) is 0. The Bertz CT molecular complexity index is 256. The normalized spacial score (nSPS) is 9.29. The van der Waals surface area contributed by atoms with Gasteiger partial charge in [0.1, 0.15) is 5.75 Å². The van der Waals surface area contributed by atoms with E-state index < -0.39 is 0 Å². The summed E-state index contributed by atoms with van der Waals surface area (Å²) < 4.78 is 10.4. The number of aromatic nitrogens is 1. The highest BCUT2D eigenvalue weighted by Crippen LogP contribution is 2.14. The van der Waals surface area contributed by atoms with Gasteiger partial charge in [0.05, 0.1) is 6.61 Å². The van der Waals surface area contributed by atoms with Crippen LogP contribution in [0.5, 0.6) is 5.75 Å². The SMILES string of the molecule is COCCCOc1ccncc1C.Cl. The Morgan fingerprint density at radius 3 is 2.79 bits per heavy atom. The van der Waals surface area contributed by atoms with Gasteiger partial charge in [0.15, 0.2) is 0 Å². The summed E-state index contributed by atoms with van der Waals surface area (Å²) in [7, 11) is 1.69. The Kier molecular flexibility index (Phi) is 7.16. The number of nitrogens with zero attached hydrogens (tertiary/aromatic N) is 1. The third-order valence-corrected chi connectivity index (χ3v) is 1.72. The van der Waals surface area contributed by atoms with Crippen molar-refractivity contribution in [2.75, 3.05) is 20.3 Å². The molecule has 0 aromatic carbocycles. The summed E-state index contributed by atoms with van der Waals surface area (Å²) in [4.78, 5) is 3.98. The van der Waals surface area contributed by atoms with E-state index in [1.165, 1.54) is 0 Å². The number of aryl methyl sites for hydroxylation is 1. The molecule has 3 nitrogen and oxygen atoms in total. The molecule has 0 bridgehead atoms. The average molecular weight is 218 g/mol. The van der Waals surface area contributed by atoms with Gasteiger partial charge in [-0.3, -0.25) is 4.98 Å². The Balaban J connectivity index is 0.00000169. The Labute approximate surface area is 90.9 Å². The van der Waals surface area contributed by atoms with E-state index in [0.29, 0.717) is 6.61 Å². The molecule has 1 aromatic rings. The van der Waals surface area contributed by atoms with Gasteiger partial charge < -0.3 is 9.47 Å². The van der Waals surface area contributed by atoms with Gasteiger partial charge in [0.25, 0.3) is 0 Å². The van der Waals surface area contributed by atoms with E-state index in [-0.39, 0.29) is 12.4 Å². The zero-order valence-corrected chi connectivity index (χ0v) is 9.34. The maximum Gasteiger partial charge on any atom is 0.125 e. The number of ether oxygens (including phenoxy) is 2. The third kappa shape index (κ3) is 4.44. The van der Waals surface area contributed by atoms with E-state index >= 15 is 0 Å². The zero-order valence-electron chi connectivity index (χ0n) is 8.53. The molecule has 80 valence electrons. The molecule has 0 fully saturated rings. The van der Waals surface area contributed by atoms with Gasteiger partial charge in [-0.05, 0) is 13.0 Å². The van der Waals surface area contributed by atoms with Crippen LogP contribution in [0.4, 0.5) is 0 Å². The fourth-order valence-electron chi connectivity index (χ4n) is 1.01. The second-order valence-electron chi connectivity index (χ2n) is 2.84. The van der Waals surface area contributed by atoms with Gasteiger partial charge in [-0.15, -0.1) is 12.4 Å². The van der Waals surface area contributed by atoms with Crippen molar-refractivity contribution in [3.8, 4) is 5.75 Å². The number of hydrogen-bond acceptors (Lipinski definition) is 3. The third-order valence-electron chi connectivity index (χ3n) is 1.72. The Morgan fingerprint density at radius 1 is 1.36 bits per heavy atom. The summed E-state index contributed by atoms with van der Waals surface area (Å²) in [6.07, 6.45) is 4.45. The molecule has 4 heteroatoms. The highest BCUT2D eigenvalue weighted by atomic mass is 35.5. The van der Waals surface area contributed by atoms with Crippen molar-refractivity contribution < 1.29 is 9.47 Å². The van der Waals surface area contributed by atoms with Gasteiger partial charge >= 0.3 is 0 Å². The average Bonchev–Trinajstić information content (AvgIpc) is 2.15. The minimum atomic E-state index is 0. The molecule has 1 aromatic heterocycles. The van der Waals surface area contributed by atoms with E-state index in [9.17, 15) is 0 Å². The molecular weight excluding hydrogens is 202 g/mol. The first-order valence-corrected chi connectivity index (χ1v) is 4.37. The molecule has 0 atom stereocenters. The van der Waals surface area contributed by atoms with Crippen LogP contribution in [0.15, 0.2) is 18.5 Å². The molecule has 0 unspecified atom stereocenters. The predicted octanol–water partition coefficient (Wildman–Crippen LogP) is 2.23. The van der Waals surface area contributed by atoms with Crippen LogP contribution in [0.3, 0.4) is 0 Å². The lowest BCUT2D eigenvalue weighted by molar-refractivity contribution is 0.172. The smallest absolute Gasteiger partial charge is 0.125 e. The van der Waals surface area contributed by atoms with E-state index in [1.54, 1.807) is 19.5 Å². The minimum absolute atomic E-state index is 0. The van der Waals surface area contributed by atoms with Crippen LogP contribution < -0.4 is 4.74 Å². The summed E-state index contributed by atoms with van der Waals surface area (Å²) >= 11 is 0. The number of pyridine rings is 1. The second kappa shape index (κ2) is 7.59. The molecule has 0 aliphatic carbocycles. The van der Waals surface area contributed by atoms with E-state index in [0.717, 1.165) is 24.3 Å². The molecule has 0 saturated carbocycles. The lowest BCUT2D eigenvalue weighted by atomic mass is 10.3. The van der Waals surface area contributed by atoms with Crippen LogP contribution in [0.2, 0.25) is 0 Å². The van der Waals surface area contributed by atoms with Crippen LogP contribution in [-0.4, -0.2) is 25.3 Å². The Morgan fingerprint density at radius 2 is 2.14 bits per heavy atom. The van der Waals surface area contributed by atoms with Crippen LogP contribution in [0.25, 0.3) is 0 Å². The highest BCUT2D eigenvalue weighted by molar-refractivity contribution is 5.85. The lowest BCUT2D eigenvalue weighted by Crippen LogP contribution is -2.02. The molecule has 0 amide bonds. The quantitative estimate of drug-likeness (QED) is 0.709. The minimum Gasteiger partial charge on any atom is -0.493 e. The van der Waals surface area contributed by atoms with Crippen molar-refractivity contribution in [1.29, 1.82) is 0 Å². The summed E-state index contributed by atoms with van der Waals surface area (Å²) in [6.45, 7) is 3.42. The summed E-state index contributed by atoms with van der Waals surface area (Å²) in [5.41, 5.74) is 1.07. The molecule has 0 N–H and O–H groups in total. The van der Waals surface area contributed by atoms with Gasteiger partial charge in [0.2, 0.25) is 0 Å². The van der Waals surface area contributed by atoms with Crippen LogP contribution in [0, 0.1) is 6.92 Å². The lowest BCUT2D eigenvalue weighted by Gasteiger charge is -2.07. The van der Waals surface area contributed by atoms with Gasteiger partial charge in [-0.25, -0.2) is 0 Å². The fourth-order valence-corrected chi connectivity index (χ4v) is 1.01. The first-order valence-electron chi connectivity index (χ1n) is 4.37. The maximum absolute atomic E-state index is 5.52. The first kappa shape index (κ1) is 13.2. The molecule has 0 spiro atoms. The first-order chi connectivity index (χ1) is 6.34. The predicted molar refractivity (Wildman–Crippen MR) is 58.2 cm³/mol. The van der Waals surface area contributed by atoms with Gasteiger partial charge in [0, 0.05) is 38.1 Å². The summed E-state index contributed by atoms with van der Waals surface area (Å²) in [5.74, 6) is 0.908. The van der Waals surface area contributed by atoms with Gasteiger partial charge in [-0.1, -0.05) is 0 Å². The van der Waals surface area contributed by atoms with Crippen molar-refractivity contribution in [2.45, 2.75) is 13.3 Å². The summed E-state index contributed by atoms with van der Waals surface area (Å²) in [6, 6.07) is 1.88. The maximum atomic E-state index is 5.52. The molecule has 1 heterocycles. The number of halogens is 1. The molecule has 0 radical (unpaired) electrons. The molecule has 1 rings (SSSR count). The highest BCUT2D eigenvalue weighted by Gasteiger charge is 1.96. The largest absolute Gasteiger partial charge is 0.493 e. The van der Waals surface area contributed by atoms with Crippen LogP contribution in [-0.2, 0) is 4.74 Å². The summed E-state index contributed by atoms with van der Waals surface area (Å²) in [5, 5.41) is 0. The van der Waals surface area contributed by atoms with E-state index in [1.807, 2.05) is 13.0 Å². The molecule has 0 saturated heterocycles. The van der Waals surface area contributed by atoms with Crippen LogP contribution in [0.1, 0.15) is 12.0 Å². The van der Waals surface area contributed by atoms with Crippen molar-refractivity contribution in [3.05, 3.63) is 24.0 Å². The topological polar surface area (TPSA) is 31.4 Å². The molecule has 0 aliphatic rings. The Hall–Kier alpha value is -0.800. The van der Waals surface area contributed by atoms with Gasteiger partial charge in [-0.2, -0.15) is 0 Å². The number of rotatable bonds is 5.